The molecule has 18 heavy (non-hydrogen) atoms. The zero-order valence-corrected chi connectivity index (χ0v) is 10.3. The Morgan fingerprint density at radius 1 is 1.39 bits per heavy atom. The summed E-state index contributed by atoms with van der Waals surface area (Å²) in [5.74, 6) is 1.22. The molecule has 0 radical (unpaired) electrons. The van der Waals surface area contributed by atoms with Gasteiger partial charge >= 0.3 is 0 Å². The van der Waals surface area contributed by atoms with Crippen molar-refractivity contribution in [2.75, 3.05) is 0 Å². The summed E-state index contributed by atoms with van der Waals surface area (Å²) in [6, 6.07) is 2.01. The molecule has 0 aliphatic heterocycles. The molecule has 4 rings (SSSR count). The number of hydrogen-bond donors (Lipinski definition) is 0. The van der Waals surface area contributed by atoms with Gasteiger partial charge in [0, 0.05) is 23.7 Å². The highest BCUT2D eigenvalue weighted by atomic mass is 32.1. The summed E-state index contributed by atoms with van der Waals surface area (Å²) in [7, 11) is 0. The van der Waals surface area contributed by atoms with Crippen LogP contribution in [0.15, 0.2) is 23.8 Å². The second-order valence-electron chi connectivity index (χ2n) is 4.45. The van der Waals surface area contributed by atoms with Crippen LogP contribution in [-0.2, 0) is 0 Å². The van der Waals surface area contributed by atoms with Crippen LogP contribution in [0.2, 0.25) is 0 Å². The van der Waals surface area contributed by atoms with E-state index in [4.69, 9.17) is 0 Å². The Kier molecular flexibility index (Phi) is 1.96. The van der Waals surface area contributed by atoms with E-state index in [1.807, 2.05) is 23.8 Å². The third-order valence-electron chi connectivity index (χ3n) is 3.21. The molecule has 3 aromatic heterocycles. The SMILES string of the molecule is O=Cc1c(-n2ccc(C3CC3)n2)nc2sccn12. The maximum Gasteiger partial charge on any atom is 0.196 e. The van der Waals surface area contributed by atoms with E-state index in [-0.39, 0.29) is 0 Å². The van der Waals surface area contributed by atoms with Gasteiger partial charge in [-0.25, -0.2) is 4.68 Å². The summed E-state index contributed by atoms with van der Waals surface area (Å²) in [6.45, 7) is 0. The molecule has 0 unspecified atom stereocenters. The molecule has 1 aliphatic rings. The van der Waals surface area contributed by atoms with Crippen LogP contribution in [0.4, 0.5) is 0 Å². The summed E-state index contributed by atoms with van der Waals surface area (Å²) in [6.07, 6.45) is 7.00. The lowest BCUT2D eigenvalue weighted by Crippen LogP contribution is -2.01. The van der Waals surface area contributed by atoms with E-state index in [0.717, 1.165) is 16.9 Å². The fourth-order valence-corrected chi connectivity index (χ4v) is 2.84. The minimum atomic E-state index is 0.552. The van der Waals surface area contributed by atoms with Gasteiger partial charge in [-0.15, -0.1) is 11.3 Å². The second kappa shape index (κ2) is 3.52. The molecule has 6 heteroatoms. The predicted octanol–water partition coefficient (Wildman–Crippen LogP) is 2.27. The highest BCUT2D eigenvalue weighted by Gasteiger charge is 2.26. The summed E-state index contributed by atoms with van der Waals surface area (Å²) in [5.41, 5.74) is 1.65. The molecular weight excluding hydrogens is 248 g/mol. The van der Waals surface area contributed by atoms with Crippen molar-refractivity contribution >= 4 is 22.6 Å². The number of fused-ring (bicyclic) bond motifs is 1. The number of imidazole rings is 1. The van der Waals surface area contributed by atoms with Gasteiger partial charge in [-0.05, 0) is 18.9 Å². The summed E-state index contributed by atoms with van der Waals surface area (Å²) < 4.78 is 3.50. The first-order chi connectivity index (χ1) is 8.86. The average molecular weight is 258 g/mol. The monoisotopic (exact) mass is 258 g/mol. The number of nitrogens with zero attached hydrogens (tertiary/aromatic N) is 4. The molecule has 0 atom stereocenters. The fraction of sp³-hybridized carbons (Fsp3) is 0.250. The van der Waals surface area contributed by atoms with Crippen LogP contribution in [0.3, 0.4) is 0 Å². The van der Waals surface area contributed by atoms with Gasteiger partial charge < -0.3 is 0 Å². The van der Waals surface area contributed by atoms with Crippen LogP contribution in [0, 0.1) is 0 Å². The van der Waals surface area contributed by atoms with Gasteiger partial charge in [0.2, 0.25) is 0 Å². The van der Waals surface area contributed by atoms with Crippen LogP contribution >= 0.6 is 11.3 Å². The largest absolute Gasteiger partial charge is 0.296 e. The maximum absolute atomic E-state index is 11.2. The van der Waals surface area contributed by atoms with Gasteiger partial charge in [0.1, 0.15) is 5.69 Å². The molecule has 0 saturated heterocycles. The minimum Gasteiger partial charge on any atom is -0.296 e. The van der Waals surface area contributed by atoms with Crippen LogP contribution in [0.25, 0.3) is 10.8 Å². The third kappa shape index (κ3) is 1.35. The Morgan fingerprint density at radius 2 is 2.28 bits per heavy atom. The molecule has 1 fully saturated rings. The van der Waals surface area contributed by atoms with Crippen molar-refractivity contribution < 1.29 is 4.79 Å². The van der Waals surface area contributed by atoms with E-state index < -0.39 is 0 Å². The number of thiazole rings is 1. The number of carbonyl (C=O) groups is 1. The van der Waals surface area contributed by atoms with Gasteiger partial charge in [-0.1, -0.05) is 0 Å². The van der Waals surface area contributed by atoms with Gasteiger partial charge in [0.25, 0.3) is 0 Å². The van der Waals surface area contributed by atoms with Crippen LogP contribution in [-0.4, -0.2) is 25.5 Å². The Bertz CT molecular complexity index is 734. The minimum absolute atomic E-state index is 0.552. The van der Waals surface area contributed by atoms with Crippen molar-refractivity contribution in [1.82, 2.24) is 19.2 Å². The standard InChI is InChI=1S/C12H10N4OS/c17-7-10-11(13-12-15(10)5-6-18-12)16-4-3-9(14-16)8-1-2-8/h3-8H,1-2H2. The van der Waals surface area contributed by atoms with Gasteiger partial charge in [-0.2, -0.15) is 10.1 Å². The van der Waals surface area contributed by atoms with Crippen LogP contribution < -0.4 is 0 Å². The molecule has 3 aromatic rings. The smallest absolute Gasteiger partial charge is 0.196 e. The molecule has 0 N–H and O–H groups in total. The van der Waals surface area contributed by atoms with Gasteiger partial charge in [0.15, 0.2) is 17.1 Å². The summed E-state index contributed by atoms with van der Waals surface area (Å²) in [4.78, 5) is 16.5. The third-order valence-corrected chi connectivity index (χ3v) is 3.97. The normalized spacial score (nSPS) is 15.3. The highest BCUT2D eigenvalue weighted by Crippen LogP contribution is 2.39. The van der Waals surface area contributed by atoms with E-state index >= 15 is 0 Å². The van der Waals surface area contributed by atoms with Crippen molar-refractivity contribution in [3.05, 3.63) is 35.2 Å². The predicted molar refractivity (Wildman–Crippen MR) is 67.6 cm³/mol. The van der Waals surface area contributed by atoms with E-state index in [2.05, 4.69) is 10.1 Å². The zero-order valence-electron chi connectivity index (χ0n) is 9.48. The molecule has 0 aromatic carbocycles. The van der Waals surface area contributed by atoms with E-state index in [0.29, 0.717) is 17.4 Å². The van der Waals surface area contributed by atoms with Crippen molar-refractivity contribution in [3.8, 4) is 5.82 Å². The number of carbonyl (C=O) groups excluding carboxylic acids is 1. The molecule has 3 heterocycles. The maximum atomic E-state index is 11.2. The Balaban J connectivity index is 1.88. The molecular formula is C12H10N4OS. The van der Waals surface area contributed by atoms with E-state index in [9.17, 15) is 4.79 Å². The Morgan fingerprint density at radius 3 is 3.06 bits per heavy atom. The molecule has 90 valence electrons. The van der Waals surface area contributed by atoms with Crippen molar-refractivity contribution in [1.29, 1.82) is 0 Å². The van der Waals surface area contributed by atoms with Crippen LogP contribution in [0.1, 0.15) is 34.9 Å². The lowest BCUT2D eigenvalue weighted by atomic mass is 10.3. The van der Waals surface area contributed by atoms with Crippen molar-refractivity contribution in [3.63, 3.8) is 0 Å². The summed E-state index contributed by atoms with van der Waals surface area (Å²) >= 11 is 1.51. The number of rotatable bonds is 3. The van der Waals surface area contributed by atoms with E-state index in [1.54, 1.807) is 9.08 Å². The van der Waals surface area contributed by atoms with E-state index in [1.165, 1.54) is 24.2 Å². The molecule has 0 bridgehead atoms. The quantitative estimate of drug-likeness (QED) is 0.677. The number of aldehydes is 1. The fourth-order valence-electron chi connectivity index (χ4n) is 2.12. The topological polar surface area (TPSA) is 52.2 Å². The van der Waals surface area contributed by atoms with Crippen LogP contribution in [0.5, 0.6) is 0 Å². The Labute approximate surface area is 107 Å². The van der Waals surface area contributed by atoms with Crippen molar-refractivity contribution in [2.45, 2.75) is 18.8 Å². The number of hydrogen-bond acceptors (Lipinski definition) is 4. The lowest BCUT2D eigenvalue weighted by molar-refractivity contribution is 0.111. The average Bonchev–Trinajstić information content (AvgIpc) is 2.83. The first-order valence-corrected chi connectivity index (χ1v) is 6.71. The zero-order chi connectivity index (χ0) is 12.1. The van der Waals surface area contributed by atoms with Gasteiger partial charge in [-0.3, -0.25) is 9.20 Å². The number of aromatic nitrogens is 4. The molecule has 0 spiro atoms. The lowest BCUT2D eigenvalue weighted by Gasteiger charge is -1.97. The van der Waals surface area contributed by atoms with Crippen molar-refractivity contribution in [2.24, 2.45) is 0 Å². The Hall–Kier alpha value is -1.95. The highest BCUT2D eigenvalue weighted by molar-refractivity contribution is 7.15. The molecule has 1 saturated carbocycles. The molecule has 5 nitrogen and oxygen atoms in total. The second-order valence-corrected chi connectivity index (χ2v) is 5.33. The van der Waals surface area contributed by atoms with Gasteiger partial charge in [0.05, 0.1) is 5.69 Å². The molecule has 1 aliphatic carbocycles. The first kappa shape index (κ1) is 10.0. The first-order valence-electron chi connectivity index (χ1n) is 5.83. The molecule has 0 amide bonds. The summed E-state index contributed by atoms with van der Waals surface area (Å²) in [5, 5.41) is 6.43.